The topological polar surface area (TPSA) is 76.4 Å². The van der Waals surface area contributed by atoms with E-state index in [4.69, 9.17) is 9.47 Å². The smallest absolute Gasteiger partial charge is 0.309 e. The Hall–Kier alpha value is -1.57. The van der Waals surface area contributed by atoms with Gasteiger partial charge in [-0.05, 0) is 33.1 Å². The van der Waals surface area contributed by atoms with Gasteiger partial charge in [0.05, 0.1) is 31.1 Å². The van der Waals surface area contributed by atoms with Crippen LogP contribution in [-0.4, -0.2) is 25.2 Å². The standard InChI is InChI=1S/C18H31NO4/c1-5-9-10-11-15(17(20)22-7-3)16(18(21)23-8-4)12-14(6-2)13-19/h14-16H,5-12H2,1-4H3. The molecule has 0 saturated carbocycles. The predicted octanol–water partition coefficient (Wildman–Crippen LogP) is 3.87. The third-order valence-electron chi connectivity index (χ3n) is 4.00. The van der Waals surface area contributed by atoms with Crippen LogP contribution in [0.2, 0.25) is 0 Å². The highest BCUT2D eigenvalue weighted by atomic mass is 16.5. The summed E-state index contributed by atoms with van der Waals surface area (Å²) in [7, 11) is 0. The second-order valence-corrected chi connectivity index (χ2v) is 5.68. The SMILES string of the molecule is CCCCCC(C(=O)OCC)C(CC(C#N)CC)C(=O)OCC. The van der Waals surface area contributed by atoms with Gasteiger partial charge >= 0.3 is 11.9 Å². The van der Waals surface area contributed by atoms with Crippen molar-refractivity contribution in [3.8, 4) is 6.07 Å². The zero-order chi connectivity index (χ0) is 17.7. The maximum Gasteiger partial charge on any atom is 0.309 e. The molecule has 5 heteroatoms. The Morgan fingerprint density at radius 1 is 0.957 bits per heavy atom. The summed E-state index contributed by atoms with van der Waals surface area (Å²) in [5.74, 6) is -2.13. The first kappa shape index (κ1) is 21.4. The third kappa shape index (κ3) is 8.01. The van der Waals surface area contributed by atoms with Crippen molar-refractivity contribution < 1.29 is 19.1 Å². The summed E-state index contributed by atoms with van der Waals surface area (Å²) in [5.41, 5.74) is 0. The molecule has 0 aliphatic carbocycles. The van der Waals surface area contributed by atoms with E-state index in [0.29, 0.717) is 19.3 Å². The fourth-order valence-corrected chi connectivity index (χ4v) is 2.64. The van der Waals surface area contributed by atoms with Gasteiger partial charge in [0.2, 0.25) is 0 Å². The van der Waals surface area contributed by atoms with Crippen LogP contribution < -0.4 is 0 Å². The minimum Gasteiger partial charge on any atom is -0.466 e. The Balaban J connectivity index is 5.27. The predicted molar refractivity (Wildman–Crippen MR) is 88.4 cm³/mol. The van der Waals surface area contributed by atoms with E-state index in [1.54, 1.807) is 13.8 Å². The number of hydrogen-bond donors (Lipinski definition) is 0. The van der Waals surface area contributed by atoms with Crippen LogP contribution in [0.25, 0.3) is 0 Å². The van der Waals surface area contributed by atoms with Crippen molar-refractivity contribution in [1.82, 2.24) is 0 Å². The van der Waals surface area contributed by atoms with Crippen LogP contribution in [-0.2, 0) is 19.1 Å². The summed E-state index contributed by atoms with van der Waals surface area (Å²) in [5, 5.41) is 9.21. The number of esters is 2. The Bertz CT molecular complexity index is 389. The monoisotopic (exact) mass is 325 g/mol. The van der Waals surface area contributed by atoms with Crippen LogP contribution in [0.1, 0.15) is 66.2 Å². The molecular formula is C18H31NO4. The summed E-state index contributed by atoms with van der Waals surface area (Å²) in [6.45, 7) is 8.05. The molecule has 0 aromatic heterocycles. The zero-order valence-electron chi connectivity index (χ0n) is 15.0. The molecule has 0 aromatic rings. The lowest BCUT2D eigenvalue weighted by molar-refractivity contribution is -0.161. The number of hydrogen-bond acceptors (Lipinski definition) is 5. The minimum atomic E-state index is -0.601. The van der Waals surface area contributed by atoms with Crippen molar-refractivity contribution in [2.45, 2.75) is 66.2 Å². The summed E-state index contributed by atoms with van der Waals surface area (Å²) in [6, 6.07) is 2.21. The van der Waals surface area contributed by atoms with Gasteiger partial charge in [-0.15, -0.1) is 0 Å². The van der Waals surface area contributed by atoms with Crippen molar-refractivity contribution in [2.75, 3.05) is 13.2 Å². The molecule has 0 N–H and O–H groups in total. The summed E-state index contributed by atoms with van der Waals surface area (Å²) < 4.78 is 10.3. The molecule has 0 amide bonds. The molecule has 0 rings (SSSR count). The van der Waals surface area contributed by atoms with Gasteiger partial charge in [0.1, 0.15) is 0 Å². The summed E-state index contributed by atoms with van der Waals surface area (Å²) in [6.07, 6.45) is 4.49. The van der Waals surface area contributed by atoms with E-state index in [2.05, 4.69) is 13.0 Å². The molecule has 0 aliphatic heterocycles. The van der Waals surface area contributed by atoms with E-state index in [1.165, 1.54) is 0 Å². The quantitative estimate of drug-likeness (QED) is 0.402. The van der Waals surface area contributed by atoms with Crippen molar-refractivity contribution in [3.63, 3.8) is 0 Å². The molecule has 0 saturated heterocycles. The number of unbranched alkanes of at least 4 members (excludes halogenated alkanes) is 2. The second-order valence-electron chi connectivity index (χ2n) is 5.68. The fraction of sp³-hybridized carbons (Fsp3) is 0.833. The zero-order valence-corrected chi connectivity index (χ0v) is 15.0. The molecule has 0 radical (unpaired) electrons. The lowest BCUT2D eigenvalue weighted by Gasteiger charge is -2.25. The molecule has 5 nitrogen and oxygen atoms in total. The van der Waals surface area contributed by atoms with Gasteiger partial charge in [-0.3, -0.25) is 9.59 Å². The molecule has 0 spiro atoms. The lowest BCUT2D eigenvalue weighted by atomic mass is 9.81. The van der Waals surface area contributed by atoms with Crippen LogP contribution in [0.15, 0.2) is 0 Å². The first-order valence-electron chi connectivity index (χ1n) is 8.78. The van der Waals surface area contributed by atoms with E-state index in [-0.39, 0.29) is 25.1 Å². The summed E-state index contributed by atoms with van der Waals surface area (Å²) >= 11 is 0. The molecule has 0 bridgehead atoms. The highest BCUT2D eigenvalue weighted by molar-refractivity contribution is 5.82. The van der Waals surface area contributed by atoms with E-state index < -0.39 is 17.8 Å². The molecule has 0 fully saturated rings. The van der Waals surface area contributed by atoms with E-state index in [1.807, 2.05) is 6.92 Å². The maximum atomic E-state index is 12.4. The van der Waals surface area contributed by atoms with Gasteiger partial charge in [-0.2, -0.15) is 5.26 Å². The van der Waals surface area contributed by atoms with Crippen LogP contribution >= 0.6 is 0 Å². The Morgan fingerprint density at radius 3 is 1.96 bits per heavy atom. The summed E-state index contributed by atoms with van der Waals surface area (Å²) in [4.78, 5) is 24.7. The lowest BCUT2D eigenvalue weighted by Crippen LogP contribution is -2.34. The van der Waals surface area contributed by atoms with Crippen LogP contribution in [0.4, 0.5) is 0 Å². The number of ether oxygens (including phenoxy) is 2. The average molecular weight is 325 g/mol. The van der Waals surface area contributed by atoms with E-state index in [0.717, 1.165) is 19.3 Å². The van der Waals surface area contributed by atoms with Gasteiger partial charge in [0, 0.05) is 5.92 Å². The van der Waals surface area contributed by atoms with Gasteiger partial charge in [0.25, 0.3) is 0 Å². The van der Waals surface area contributed by atoms with Crippen molar-refractivity contribution >= 4 is 11.9 Å². The molecule has 0 aliphatic rings. The molecular weight excluding hydrogens is 294 g/mol. The normalized spacial score (nSPS) is 14.4. The van der Waals surface area contributed by atoms with Gasteiger partial charge in [0.15, 0.2) is 0 Å². The molecule has 3 atom stereocenters. The second kappa shape index (κ2) is 12.9. The Labute approximate surface area is 140 Å². The maximum absolute atomic E-state index is 12.4. The number of nitrogens with zero attached hydrogens (tertiary/aromatic N) is 1. The molecule has 0 aromatic carbocycles. The third-order valence-corrected chi connectivity index (χ3v) is 4.00. The molecule has 132 valence electrons. The van der Waals surface area contributed by atoms with Crippen molar-refractivity contribution in [2.24, 2.45) is 17.8 Å². The van der Waals surface area contributed by atoms with Gasteiger partial charge in [-0.1, -0.05) is 33.1 Å². The molecule has 23 heavy (non-hydrogen) atoms. The largest absolute Gasteiger partial charge is 0.466 e. The Morgan fingerprint density at radius 2 is 1.52 bits per heavy atom. The van der Waals surface area contributed by atoms with E-state index >= 15 is 0 Å². The molecule has 3 unspecified atom stereocenters. The number of carbonyl (C=O) groups excluding carboxylic acids is 2. The molecule has 0 heterocycles. The minimum absolute atomic E-state index is 0.257. The van der Waals surface area contributed by atoms with Crippen molar-refractivity contribution in [3.05, 3.63) is 0 Å². The first-order valence-corrected chi connectivity index (χ1v) is 8.78. The van der Waals surface area contributed by atoms with Gasteiger partial charge in [-0.25, -0.2) is 0 Å². The number of rotatable bonds is 12. The van der Waals surface area contributed by atoms with Crippen LogP contribution in [0.3, 0.4) is 0 Å². The fourth-order valence-electron chi connectivity index (χ4n) is 2.64. The highest BCUT2D eigenvalue weighted by Gasteiger charge is 2.36. The highest BCUT2D eigenvalue weighted by Crippen LogP contribution is 2.29. The van der Waals surface area contributed by atoms with Gasteiger partial charge < -0.3 is 9.47 Å². The number of nitriles is 1. The van der Waals surface area contributed by atoms with Crippen molar-refractivity contribution in [1.29, 1.82) is 5.26 Å². The Kier molecular flexibility index (Phi) is 12.0. The average Bonchev–Trinajstić information content (AvgIpc) is 2.54. The first-order chi connectivity index (χ1) is 11.0. The van der Waals surface area contributed by atoms with Crippen LogP contribution in [0.5, 0.6) is 0 Å². The van der Waals surface area contributed by atoms with Crippen LogP contribution in [0, 0.1) is 29.1 Å². The number of carbonyl (C=O) groups is 2. The van der Waals surface area contributed by atoms with E-state index in [9.17, 15) is 14.9 Å².